The third kappa shape index (κ3) is 3.42. The first-order chi connectivity index (χ1) is 8.99. The van der Waals surface area contributed by atoms with Gasteiger partial charge in [0.2, 0.25) is 10.0 Å². The van der Waals surface area contributed by atoms with Crippen LogP contribution >= 0.6 is 0 Å². The molecule has 102 valence electrons. The van der Waals surface area contributed by atoms with Crippen LogP contribution in [0, 0.1) is 0 Å². The van der Waals surface area contributed by atoms with Gasteiger partial charge in [0.1, 0.15) is 0 Å². The van der Waals surface area contributed by atoms with E-state index in [1.807, 2.05) is 12.2 Å². The number of carbonyl (C=O) groups is 1. The van der Waals surface area contributed by atoms with Gasteiger partial charge in [-0.2, -0.15) is 0 Å². The third-order valence-electron chi connectivity index (χ3n) is 2.95. The number of aromatic carboxylic acids is 1. The summed E-state index contributed by atoms with van der Waals surface area (Å²) in [4.78, 5) is 10.8. The molecule has 1 atom stereocenters. The maximum atomic E-state index is 12.1. The number of carboxylic acids is 1. The van der Waals surface area contributed by atoms with Crippen LogP contribution in [0.25, 0.3) is 0 Å². The molecule has 1 aliphatic carbocycles. The van der Waals surface area contributed by atoms with Crippen LogP contribution in [-0.2, 0) is 10.0 Å². The Morgan fingerprint density at radius 3 is 2.79 bits per heavy atom. The minimum absolute atomic E-state index is 0.0219. The minimum Gasteiger partial charge on any atom is -0.478 e. The minimum atomic E-state index is -3.68. The van der Waals surface area contributed by atoms with Crippen LogP contribution in [0.5, 0.6) is 0 Å². The largest absolute Gasteiger partial charge is 0.478 e. The van der Waals surface area contributed by atoms with Crippen molar-refractivity contribution < 1.29 is 18.3 Å². The highest BCUT2D eigenvalue weighted by atomic mass is 32.2. The standard InChI is InChI=1S/C13H15NO4S/c15-13(16)10-5-4-8-12(9-10)19(17,18)14-11-6-2-1-3-7-11/h2,4-6,8-9,11,14H,1,3,7H2,(H,15,16). The van der Waals surface area contributed by atoms with Crippen LogP contribution in [0.3, 0.4) is 0 Å². The van der Waals surface area contributed by atoms with E-state index in [1.54, 1.807) is 0 Å². The van der Waals surface area contributed by atoms with E-state index in [0.29, 0.717) is 0 Å². The van der Waals surface area contributed by atoms with Crippen molar-refractivity contribution >= 4 is 16.0 Å². The number of benzene rings is 1. The summed E-state index contributed by atoms with van der Waals surface area (Å²) >= 11 is 0. The third-order valence-corrected chi connectivity index (χ3v) is 4.44. The molecule has 0 spiro atoms. The Kier molecular flexibility index (Phi) is 4.01. The SMILES string of the molecule is O=C(O)c1cccc(S(=O)(=O)NC2C=CCCC2)c1. The van der Waals surface area contributed by atoms with Crippen molar-refractivity contribution in [1.29, 1.82) is 0 Å². The molecule has 1 unspecified atom stereocenters. The van der Waals surface area contributed by atoms with Gasteiger partial charge in [-0.05, 0) is 37.5 Å². The molecule has 1 aromatic carbocycles. The highest BCUT2D eigenvalue weighted by molar-refractivity contribution is 7.89. The van der Waals surface area contributed by atoms with Crippen LogP contribution in [0.1, 0.15) is 29.6 Å². The molecule has 6 heteroatoms. The second-order valence-electron chi connectivity index (χ2n) is 4.42. The fourth-order valence-electron chi connectivity index (χ4n) is 1.97. The molecule has 2 rings (SSSR count). The fourth-order valence-corrected chi connectivity index (χ4v) is 3.25. The zero-order valence-corrected chi connectivity index (χ0v) is 11.1. The zero-order valence-electron chi connectivity index (χ0n) is 10.2. The summed E-state index contributed by atoms with van der Waals surface area (Å²) < 4.78 is 26.8. The number of carboxylic acid groups (broad SMARTS) is 1. The predicted molar refractivity (Wildman–Crippen MR) is 70.5 cm³/mol. The molecule has 0 fully saturated rings. The normalized spacial score (nSPS) is 19.3. The number of hydrogen-bond acceptors (Lipinski definition) is 3. The molecule has 0 aromatic heterocycles. The molecule has 5 nitrogen and oxygen atoms in total. The molecule has 0 amide bonds. The summed E-state index contributed by atoms with van der Waals surface area (Å²) in [5.74, 6) is -1.14. The van der Waals surface area contributed by atoms with Crippen LogP contribution in [0.15, 0.2) is 41.3 Å². The number of hydrogen-bond donors (Lipinski definition) is 2. The molecule has 1 aliphatic rings. The lowest BCUT2D eigenvalue weighted by Gasteiger charge is -2.18. The van der Waals surface area contributed by atoms with Gasteiger partial charge >= 0.3 is 5.97 Å². The molecule has 0 heterocycles. The van der Waals surface area contributed by atoms with E-state index < -0.39 is 16.0 Å². The summed E-state index contributed by atoms with van der Waals surface area (Å²) in [6.45, 7) is 0. The van der Waals surface area contributed by atoms with Gasteiger partial charge < -0.3 is 5.11 Å². The smallest absolute Gasteiger partial charge is 0.335 e. The summed E-state index contributed by atoms with van der Waals surface area (Å²) in [7, 11) is -3.68. The highest BCUT2D eigenvalue weighted by Gasteiger charge is 2.20. The van der Waals surface area contributed by atoms with E-state index in [-0.39, 0.29) is 16.5 Å². The van der Waals surface area contributed by atoms with Crippen molar-refractivity contribution in [1.82, 2.24) is 4.72 Å². The van der Waals surface area contributed by atoms with E-state index in [1.165, 1.54) is 18.2 Å². The van der Waals surface area contributed by atoms with Crippen LogP contribution in [0.4, 0.5) is 0 Å². The molecular weight excluding hydrogens is 266 g/mol. The lowest BCUT2D eigenvalue weighted by molar-refractivity contribution is 0.0696. The Morgan fingerprint density at radius 2 is 2.16 bits per heavy atom. The zero-order chi connectivity index (χ0) is 13.9. The predicted octanol–water partition coefficient (Wildman–Crippen LogP) is 1.77. The van der Waals surface area contributed by atoms with Gasteiger partial charge in [0.05, 0.1) is 10.5 Å². The fraction of sp³-hybridized carbons (Fsp3) is 0.308. The van der Waals surface area contributed by atoms with E-state index in [2.05, 4.69) is 4.72 Å². The van der Waals surface area contributed by atoms with Gasteiger partial charge in [0.25, 0.3) is 0 Å². The summed E-state index contributed by atoms with van der Waals surface area (Å²) in [6, 6.07) is 5.13. The number of sulfonamides is 1. The van der Waals surface area contributed by atoms with Gasteiger partial charge in [-0.15, -0.1) is 0 Å². The van der Waals surface area contributed by atoms with E-state index in [0.717, 1.165) is 25.3 Å². The van der Waals surface area contributed by atoms with Crippen molar-refractivity contribution in [2.24, 2.45) is 0 Å². The highest BCUT2D eigenvalue weighted by Crippen LogP contribution is 2.16. The molecule has 1 aromatic rings. The van der Waals surface area contributed by atoms with Crippen LogP contribution < -0.4 is 4.72 Å². The van der Waals surface area contributed by atoms with Gasteiger partial charge in [0.15, 0.2) is 0 Å². The first kappa shape index (κ1) is 13.8. The molecule has 0 bridgehead atoms. The van der Waals surface area contributed by atoms with Gasteiger partial charge in [-0.3, -0.25) is 0 Å². The van der Waals surface area contributed by atoms with Crippen molar-refractivity contribution in [2.45, 2.75) is 30.2 Å². The Bertz CT molecular complexity index is 607. The molecule has 19 heavy (non-hydrogen) atoms. The summed E-state index contributed by atoms with van der Waals surface area (Å²) in [5, 5.41) is 8.87. The molecule has 0 aliphatic heterocycles. The lowest BCUT2D eigenvalue weighted by Crippen LogP contribution is -2.34. The Labute approximate surface area is 112 Å². The second-order valence-corrected chi connectivity index (χ2v) is 6.13. The van der Waals surface area contributed by atoms with E-state index >= 15 is 0 Å². The van der Waals surface area contributed by atoms with Gasteiger partial charge in [-0.25, -0.2) is 17.9 Å². The number of nitrogens with one attached hydrogen (secondary N) is 1. The van der Waals surface area contributed by atoms with Crippen molar-refractivity contribution in [3.63, 3.8) is 0 Å². The summed E-state index contributed by atoms with van der Waals surface area (Å²) in [5.41, 5.74) is -0.0398. The molecule has 2 N–H and O–H groups in total. The average Bonchev–Trinajstić information content (AvgIpc) is 2.39. The molecule has 0 radical (unpaired) electrons. The van der Waals surface area contributed by atoms with Crippen molar-refractivity contribution in [2.75, 3.05) is 0 Å². The quantitative estimate of drug-likeness (QED) is 0.824. The number of rotatable bonds is 4. The van der Waals surface area contributed by atoms with Crippen molar-refractivity contribution in [3.05, 3.63) is 42.0 Å². The maximum absolute atomic E-state index is 12.1. The van der Waals surface area contributed by atoms with Crippen LogP contribution in [-0.4, -0.2) is 25.5 Å². The Morgan fingerprint density at radius 1 is 1.37 bits per heavy atom. The van der Waals surface area contributed by atoms with Crippen LogP contribution in [0.2, 0.25) is 0 Å². The Hall–Kier alpha value is -1.66. The first-order valence-corrected chi connectivity index (χ1v) is 7.50. The molecule has 0 saturated heterocycles. The topological polar surface area (TPSA) is 83.5 Å². The van der Waals surface area contributed by atoms with Crippen molar-refractivity contribution in [3.8, 4) is 0 Å². The maximum Gasteiger partial charge on any atom is 0.335 e. The number of allylic oxidation sites excluding steroid dienone is 1. The second kappa shape index (κ2) is 5.54. The van der Waals surface area contributed by atoms with E-state index in [4.69, 9.17) is 5.11 Å². The average molecular weight is 281 g/mol. The molecular formula is C13H15NO4S. The summed E-state index contributed by atoms with van der Waals surface area (Å²) in [6.07, 6.45) is 6.45. The van der Waals surface area contributed by atoms with E-state index in [9.17, 15) is 13.2 Å². The van der Waals surface area contributed by atoms with Gasteiger partial charge in [0, 0.05) is 6.04 Å². The Balaban J connectivity index is 2.23. The van der Waals surface area contributed by atoms with Gasteiger partial charge in [-0.1, -0.05) is 18.2 Å². The first-order valence-electron chi connectivity index (χ1n) is 6.01. The lowest BCUT2D eigenvalue weighted by atomic mass is 10.0. The monoisotopic (exact) mass is 281 g/mol. The molecule has 0 saturated carbocycles.